The van der Waals surface area contributed by atoms with Crippen molar-refractivity contribution < 1.29 is 0 Å². The Morgan fingerprint density at radius 1 is 0.429 bits per heavy atom. The van der Waals surface area contributed by atoms with Crippen molar-refractivity contribution in [2.75, 3.05) is 0 Å². The summed E-state index contributed by atoms with van der Waals surface area (Å²) < 4.78 is 0. The molecule has 0 amide bonds. The van der Waals surface area contributed by atoms with E-state index in [9.17, 15) is 0 Å². The summed E-state index contributed by atoms with van der Waals surface area (Å²) in [6.45, 7) is 0. The summed E-state index contributed by atoms with van der Waals surface area (Å²) >= 11 is 0. The predicted molar refractivity (Wildman–Crippen MR) is 88.5 cm³/mol. The Morgan fingerprint density at radius 3 is 1.19 bits per heavy atom. The van der Waals surface area contributed by atoms with Crippen LogP contribution in [-0.2, 0) is 19.3 Å². The molecule has 0 nitrogen and oxygen atoms in total. The van der Waals surface area contributed by atoms with E-state index >= 15 is 0 Å². The quantitative estimate of drug-likeness (QED) is 0.420. The Bertz CT molecular complexity index is 717. The van der Waals surface area contributed by atoms with Crippen LogP contribution in [0.15, 0.2) is 72.8 Å². The zero-order valence-electron chi connectivity index (χ0n) is 12.0. The Kier molecular flexibility index (Phi) is 3.08. The fourth-order valence-electron chi connectivity index (χ4n) is 3.22. The van der Waals surface area contributed by atoms with E-state index in [4.69, 9.17) is 0 Å². The third-order valence-corrected chi connectivity index (χ3v) is 4.49. The van der Waals surface area contributed by atoms with Crippen molar-refractivity contribution in [2.45, 2.75) is 19.3 Å². The molecule has 0 fully saturated rings. The number of rotatable bonds is 0. The smallest absolute Gasteiger partial charge is 0.00135 e. The van der Waals surface area contributed by atoms with Gasteiger partial charge in [0.25, 0.3) is 0 Å². The van der Waals surface area contributed by atoms with Gasteiger partial charge in [-0.1, -0.05) is 72.8 Å². The third kappa shape index (κ3) is 2.27. The van der Waals surface area contributed by atoms with Crippen LogP contribution in [0.25, 0.3) is 11.1 Å². The van der Waals surface area contributed by atoms with E-state index in [2.05, 4.69) is 72.8 Å². The van der Waals surface area contributed by atoms with Crippen molar-refractivity contribution in [3.8, 4) is 11.1 Å². The number of aryl methyl sites for hydroxylation is 2. The predicted octanol–water partition coefficient (Wildman–Crippen LogP) is 5.04. The van der Waals surface area contributed by atoms with Crippen molar-refractivity contribution in [3.63, 3.8) is 0 Å². The molecule has 0 unspecified atom stereocenters. The first-order valence-electron chi connectivity index (χ1n) is 7.65. The van der Waals surface area contributed by atoms with Gasteiger partial charge < -0.3 is 0 Å². The lowest BCUT2D eigenvalue weighted by Crippen LogP contribution is -2.06. The highest BCUT2D eigenvalue weighted by molar-refractivity contribution is 5.76. The average Bonchev–Trinajstić information content (AvgIpc) is 2.88. The van der Waals surface area contributed by atoms with Gasteiger partial charge in [0.15, 0.2) is 0 Å². The highest BCUT2D eigenvalue weighted by Crippen LogP contribution is 2.35. The minimum Gasteiger partial charge on any atom is -0.0620 e. The van der Waals surface area contributed by atoms with Gasteiger partial charge in [-0.2, -0.15) is 0 Å². The molecule has 0 atom stereocenters. The molecular weight excluding hydrogens is 252 g/mol. The first-order chi connectivity index (χ1) is 10.4. The topological polar surface area (TPSA) is 0 Å². The van der Waals surface area contributed by atoms with Gasteiger partial charge in [-0.05, 0) is 52.6 Å². The van der Waals surface area contributed by atoms with E-state index < -0.39 is 0 Å². The van der Waals surface area contributed by atoms with E-state index in [1.54, 1.807) is 11.1 Å². The number of hydrogen-bond donors (Lipinski definition) is 0. The van der Waals surface area contributed by atoms with Crippen LogP contribution in [0.3, 0.4) is 0 Å². The minimum absolute atomic E-state index is 1.10. The van der Waals surface area contributed by atoms with Crippen LogP contribution in [0.5, 0.6) is 0 Å². The normalized spacial score (nSPS) is 13.1. The van der Waals surface area contributed by atoms with Crippen molar-refractivity contribution in [1.82, 2.24) is 0 Å². The van der Waals surface area contributed by atoms with Crippen LogP contribution in [0.2, 0.25) is 0 Å². The lowest BCUT2D eigenvalue weighted by molar-refractivity contribution is 0.839. The van der Waals surface area contributed by atoms with Gasteiger partial charge in [-0.25, -0.2) is 0 Å². The summed E-state index contributed by atoms with van der Waals surface area (Å²) in [5.74, 6) is 0. The van der Waals surface area contributed by atoms with Crippen molar-refractivity contribution >= 4 is 0 Å². The third-order valence-electron chi connectivity index (χ3n) is 4.49. The molecule has 0 heterocycles. The highest BCUT2D eigenvalue weighted by atomic mass is 14.2. The van der Waals surface area contributed by atoms with E-state index in [-0.39, 0.29) is 0 Å². The van der Waals surface area contributed by atoms with Crippen LogP contribution in [0.4, 0.5) is 0 Å². The summed E-state index contributed by atoms with van der Waals surface area (Å²) in [7, 11) is 0. The van der Waals surface area contributed by atoms with Gasteiger partial charge >= 0.3 is 0 Å². The minimum atomic E-state index is 1.10. The number of fused-ring (bicyclic) bond motifs is 4. The van der Waals surface area contributed by atoms with E-state index in [1.165, 1.54) is 35.1 Å². The number of benzene rings is 3. The Hall–Kier alpha value is -2.34. The van der Waals surface area contributed by atoms with Gasteiger partial charge in [0.05, 0.1) is 0 Å². The molecule has 0 spiro atoms. The zero-order valence-corrected chi connectivity index (χ0v) is 12.0. The molecule has 0 saturated carbocycles. The molecule has 3 aromatic carbocycles. The van der Waals surface area contributed by atoms with Crippen molar-refractivity contribution in [1.29, 1.82) is 0 Å². The summed E-state index contributed by atoms with van der Waals surface area (Å²) in [4.78, 5) is 0. The molecule has 0 radical (unpaired) electrons. The molecule has 0 heteroatoms. The molecule has 2 aliphatic carbocycles. The summed E-state index contributed by atoms with van der Waals surface area (Å²) in [6, 6.07) is 25.9. The second-order valence-corrected chi connectivity index (χ2v) is 5.76. The molecule has 0 N–H and O–H groups in total. The molecular formula is C21H18. The molecule has 0 aromatic heterocycles. The number of hydrogen-bond acceptors (Lipinski definition) is 0. The van der Waals surface area contributed by atoms with Gasteiger partial charge in [-0.15, -0.1) is 0 Å². The van der Waals surface area contributed by atoms with Gasteiger partial charge in [0.2, 0.25) is 0 Å². The average molecular weight is 270 g/mol. The van der Waals surface area contributed by atoms with Gasteiger partial charge in [0.1, 0.15) is 0 Å². The molecule has 102 valence electrons. The molecule has 0 bridgehead atoms. The monoisotopic (exact) mass is 270 g/mol. The van der Waals surface area contributed by atoms with E-state index in [1.807, 2.05) is 0 Å². The summed E-state index contributed by atoms with van der Waals surface area (Å²) in [5.41, 5.74) is 8.85. The van der Waals surface area contributed by atoms with Crippen molar-refractivity contribution in [2.24, 2.45) is 0 Å². The second-order valence-electron chi connectivity index (χ2n) is 5.76. The Labute approximate surface area is 126 Å². The van der Waals surface area contributed by atoms with Crippen LogP contribution < -0.4 is 0 Å². The largest absolute Gasteiger partial charge is 0.0620 e. The van der Waals surface area contributed by atoms with Crippen LogP contribution in [-0.4, -0.2) is 0 Å². The highest BCUT2D eigenvalue weighted by Gasteiger charge is 2.15. The lowest BCUT2D eigenvalue weighted by Gasteiger charge is -2.16. The molecule has 5 rings (SSSR count). The zero-order chi connectivity index (χ0) is 14.1. The van der Waals surface area contributed by atoms with Crippen LogP contribution >= 0.6 is 0 Å². The second kappa shape index (κ2) is 5.21. The molecule has 21 heavy (non-hydrogen) atoms. The van der Waals surface area contributed by atoms with Gasteiger partial charge in [0, 0.05) is 0 Å². The molecule has 0 aliphatic heterocycles. The first kappa shape index (κ1) is 12.4. The van der Waals surface area contributed by atoms with Crippen LogP contribution in [0, 0.1) is 0 Å². The molecule has 2 aliphatic rings. The van der Waals surface area contributed by atoms with Crippen LogP contribution in [0.1, 0.15) is 22.3 Å². The lowest BCUT2D eigenvalue weighted by atomic mass is 9.89. The fraction of sp³-hybridized carbons (Fsp3) is 0.143. The first-order valence-corrected chi connectivity index (χ1v) is 7.65. The summed E-state index contributed by atoms with van der Waals surface area (Å²) in [5, 5.41) is 0. The maximum absolute atomic E-state index is 2.22. The Balaban J connectivity index is 0.000000123. The molecule has 0 saturated heterocycles. The summed E-state index contributed by atoms with van der Waals surface area (Å²) in [6.07, 6.45) is 3.71. The maximum Gasteiger partial charge on any atom is -0.00135 e. The maximum atomic E-state index is 2.22. The van der Waals surface area contributed by atoms with E-state index in [0.717, 1.165) is 6.42 Å². The Morgan fingerprint density at radius 2 is 0.810 bits per heavy atom. The van der Waals surface area contributed by atoms with E-state index in [0.29, 0.717) is 0 Å². The fourth-order valence-corrected chi connectivity index (χ4v) is 3.22. The van der Waals surface area contributed by atoms with Crippen molar-refractivity contribution in [3.05, 3.63) is 95.1 Å². The standard InChI is InChI=1S/C13H10.C8H8/c1-3-7-12-10(5-1)9-11-6-2-4-8-13(11)12;1-2-4-8-6-5-7(8)3-1/h1-8H,9H2;1-4H,5-6H2. The molecule has 3 aromatic rings. The van der Waals surface area contributed by atoms with Gasteiger partial charge in [-0.3, -0.25) is 0 Å². The SMILES string of the molecule is c1ccc2c(c1)CC2.c1ccc2c(c1)Cc1ccccc1-2.